The molecule has 27 heavy (non-hydrogen) atoms. The SMILES string of the molecule is N#CC#Cc1ccc(S(=O)(=O)OS(=O)(=O)c2c(F)c(F)cc(F)c2F)cc1. The smallest absolute Gasteiger partial charge is 0.204 e. The van der Waals surface area contributed by atoms with Gasteiger partial charge in [0.25, 0.3) is 0 Å². The van der Waals surface area contributed by atoms with Gasteiger partial charge < -0.3 is 0 Å². The summed E-state index contributed by atoms with van der Waals surface area (Å²) >= 11 is 0. The number of nitrogens with zero attached hydrogens (tertiary/aromatic N) is 1. The maximum absolute atomic E-state index is 13.6. The highest BCUT2D eigenvalue weighted by atomic mass is 32.3. The second-order valence-corrected chi connectivity index (χ2v) is 7.90. The molecule has 0 aromatic heterocycles. The van der Waals surface area contributed by atoms with E-state index in [1.165, 1.54) is 6.07 Å². The van der Waals surface area contributed by atoms with Crippen LogP contribution < -0.4 is 0 Å². The van der Waals surface area contributed by atoms with Crippen molar-refractivity contribution in [1.29, 1.82) is 5.26 Å². The molecule has 0 aliphatic heterocycles. The van der Waals surface area contributed by atoms with Gasteiger partial charge in [-0.2, -0.15) is 22.1 Å². The Morgan fingerprint density at radius 3 is 1.85 bits per heavy atom. The predicted octanol–water partition coefficient (Wildman–Crippen LogP) is 2.21. The number of benzene rings is 2. The van der Waals surface area contributed by atoms with Crippen LogP contribution in [0.25, 0.3) is 0 Å². The lowest BCUT2D eigenvalue weighted by atomic mass is 10.2. The Kier molecular flexibility index (Phi) is 5.56. The molecule has 140 valence electrons. The first-order valence-electron chi connectivity index (χ1n) is 6.54. The van der Waals surface area contributed by atoms with Gasteiger partial charge in [-0.3, -0.25) is 0 Å². The predicted molar refractivity (Wildman–Crippen MR) is 80.7 cm³/mol. The van der Waals surface area contributed by atoms with Crippen LogP contribution in [0.3, 0.4) is 0 Å². The van der Waals surface area contributed by atoms with Gasteiger partial charge in [0.1, 0.15) is 0 Å². The Morgan fingerprint density at radius 1 is 0.852 bits per heavy atom. The zero-order chi connectivity index (χ0) is 20.4. The molecule has 0 heterocycles. The summed E-state index contributed by atoms with van der Waals surface area (Å²) < 4.78 is 105. The van der Waals surface area contributed by atoms with Crippen LogP contribution in [-0.2, 0) is 23.9 Å². The van der Waals surface area contributed by atoms with E-state index in [9.17, 15) is 34.4 Å². The maximum Gasteiger partial charge on any atom is 0.317 e. The summed E-state index contributed by atoms with van der Waals surface area (Å²) in [7, 11) is -10.9. The molecule has 6 nitrogen and oxygen atoms in total. The molecule has 0 fully saturated rings. The normalized spacial score (nSPS) is 11.4. The van der Waals surface area contributed by atoms with Gasteiger partial charge in [-0.25, -0.2) is 17.6 Å². The van der Waals surface area contributed by atoms with Crippen molar-refractivity contribution in [3.8, 4) is 17.9 Å². The topological polar surface area (TPSA) is 101 Å². The summed E-state index contributed by atoms with van der Waals surface area (Å²) in [5.74, 6) is -4.45. The Morgan fingerprint density at radius 2 is 1.37 bits per heavy atom. The van der Waals surface area contributed by atoms with Gasteiger partial charge in [-0.05, 0) is 24.3 Å². The van der Waals surface area contributed by atoms with Gasteiger partial charge in [0.2, 0.25) is 0 Å². The molecule has 0 atom stereocenters. The molecule has 2 aromatic rings. The molecule has 12 heteroatoms. The minimum atomic E-state index is -5.79. The molecule has 0 aliphatic carbocycles. The van der Waals surface area contributed by atoms with Crippen molar-refractivity contribution < 1.29 is 38.0 Å². The second-order valence-electron chi connectivity index (χ2n) is 4.66. The highest BCUT2D eigenvalue weighted by molar-refractivity contribution is 7.99. The molecule has 0 unspecified atom stereocenters. The summed E-state index contributed by atoms with van der Waals surface area (Å²) in [5.41, 5.74) is 0.197. The van der Waals surface area contributed by atoms with Gasteiger partial charge in [-0.15, -0.1) is 3.63 Å². The zero-order valence-electron chi connectivity index (χ0n) is 12.7. The standard InChI is InChI=1S/C15H5F4NO5S2/c16-11-8-12(17)14(19)15(13(11)18)27(23,24)25-26(21,22)10-5-3-9(4-6-10)2-1-7-20/h3-6,8H. The minimum Gasteiger partial charge on any atom is -0.204 e. The highest BCUT2D eigenvalue weighted by Crippen LogP contribution is 2.28. The molecule has 0 saturated heterocycles. The molecule has 0 N–H and O–H groups in total. The molecule has 0 saturated carbocycles. The third-order valence-electron chi connectivity index (χ3n) is 2.91. The van der Waals surface area contributed by atoms with Gasteiger partial charge in [0, 0.05) is 17.6 Å². The van der Waals surface area contributed by atoms with Crippen LogP contribution in [0.2, 0.25) is 0 Å². The lowest BCUT2D eigenvalue weighted by molar-refractivity contribution is 0.403. The molecular weight excluding hydrogens is 414 g/mol. The molecule has 2 aromatic carbocycles. The summed E-state index contributed by atoms with van der Waals surface area (Å²) in [6.45, 7) is 0. The van der Waals surface area contributed by atoms with Crippen LogP contribution in [0.15, 0.2) is 40.1 Å². The molecule has 2 rings (SSSR count). The maximum atomic E-state index is 13.6. The third-order valence-corrected chi connectivity index (χ3v) is 6.05. The fraction of sp³-hybridized carbons (Fsp3) is 0. The number of hydrogen-bond donors (Lipinski definition) is 0. The van der Waals surface area contributed by atoms with E-state index in [-0.39, 0.29) is 11.6 Å². The number of rotatable bonds is 4. The van der Waals surface area contributed by atoms with E-state index in [2.05, 4.69) is 9.55 Å². The Balaban J connectivity index is 2.48. The quantitative estimate of drug-likeness (QED) is 0.428. The lowest BCUT2D eigenvalue weighted by Crippen LogP contribution is -2.18. The van der Waals surface area contributed by atoms with Crippen LogP contribution in [0.4, 0.5) is 17.6 Å². The van der Waals surface area contributed by atoms with E-state index in [4.69, 9.17) is 5.26 Å². The van der Waals surface area contributed by atoms with Crippen LogP contribution in [-0.4, -0.2) is 16.8 Å². The van der Waals surface area contributed by atoms with Gasteiger partial charge >= 0.3 is 20.2 Å². The van der Waals surface area contributed by atoms with Crippen molar-refractivity contribution in [1.82, 2.24) is 0 Å². The fourth-order valence-electron chi connectivity index (χ4n) is 1.77. The van der Waals surface area contributed by atoms with Gasteiger partial charge in [0.05, 0.1) is 4.90 Å². The van der Waals surface area contributed by atoms with Gasteiger partial charge in [0.15, 0.2) is 34.2 Å². The number of halogens is 4. The van der Waals surface area contributed by atoms with Crippen molar-refractivity contribution in [3.05, 3.63) is 59.2 Å². The molecule has 0 amide bonds. The summed E-state index contributed by atoms with van der Waals surface area (Å²) in [6.07, 6.45) is 0. The first-order valence-corrected chi connectivity index (χ1v) is 9.35. The average Bonchev–Trinajstić information content (AvgIpc) is 2.57. The van der Waals surface area contributed by atoms with Crippen LogP contribution in [0, 0.1) is 46.4 Å². The van der Waals surface area contributed by atoms with E-state index < -0.39 is 53.3 Å². The largest absolute Gasteiger partial charge is 0.317 e. The molecular formula is C15H5F4NO5S2. The Bertz CT molecular complexity index is 1200. The van der Waals surface area contributed by atoms with Crippen molar-refractivity contribution in [3.63, 3.8) is 0 Å². The number of hydrogen-bond acceptors (Lipinski definition) is 6. The Labute approximate surface area is 150 Å². The third kappa shape index (κ3) is 4.25. The zero-order valence-corrected chi connectivity index (χ0v) is 14.3. The van der Waals surface area contributed by atoms with Crippen LogP contribution >= 0.6 is 0 Å². The Hall–Kier alpha value is -2.93. The highest BCUT2D eigenvalue weighted by Gasteiger charge is 2.35. The first-order chi connectivity index (χ1) is 12.5. The van der Waals surface area contributed by atoms with Crippen molar-refractivity contribution >= 4 is 20.2 Å². The minimum absolute atomic E-state index is 0.197. The number of nitriles is 1. The van der Waals surface area contributed by atoms with E-state index in [1.54, 1.807) is 0 Å². The lowest BCUT2D eigenvalue weighted by Gasteiger charge is -2.09. The van der Waals surface area contributed by atoms with Crippen molar-refractivity contribution in [2.75, 3.05) is 0 Å². The van der Waals surface area contributed by atoms with E-state index in [0.29, 0.717) is 0 Å². The van der Waals surface area contributed by atoms with Gasteiger partial charge in [-0.1, -0.05) is 5.92 Å². The summed E-state index contributed by atoms with van der Waals surface area (Å²) in [4.78, 5) is -2.98. The molecule has 0 spiro atoms. The molecule has 0 bridgehead atoms. The van der Waals surface area contributed by atoms with Crippen molar-refractivity contribution in [2.45, 2.75) is 9.79 Å². The fourth-order valence-corrected chi connectivity index (χ4v) is 4.40. The summed E-state index contributed by atoms with van der Waals surface area (Å²) in [6, 6.07) is 5.13. The van der Waals surface area contributed by atoms with E-state index >= 15 is 0 Å². The monoisotopic (exact) mass is 419 g/mol. The summed E-state index contributed by atoms with van der Waals surface area (Å²) in [5, 5.41) is 8.31. The first kappa shape index (κ1) is 20.4. The van der Waals surface area contributed by atoms with Crippen LogP contribution in [0.5, 0.6) is 0 Å². The molecule has 0 radical (unpaired) electrons. The van der Waals surface area contributed by atoms with Crippen LogP contribution in [0.1, 0.15) is 5.56 Å². The van der Waals surface area contributed by atoms with E-state index in [1.807, 2.05) is 5.92 Å². The van der Waals surface area contributed by atoms with Crippen molar-refractivity contribution in [2.24, 2.45) is 0 Å². The molecule has 0 aliphatic rings. The average molecular weight is 419 g/mol. The second kappa shape index (κ2) is 7.36. The van der Waals surface area contributed by atoms with E-state index in [0.717, 1.165) is 24.3 Å².